The fourth-order valence-electron chi connectivity index (χ4n) is 2.29. The van der Waals surface area contributed by atoms with Crippen LogP contribution in [0.4, 0.5) is 0 Å². The Balaban J connectivity index is 2.03. The maximum Gasteiger partial charge on any atom is 0.326 e. The third-order valence-electron chi connectivity index (χ3n) is 3.11. The van der Waals surface area contributed by atoms with Crippen LogP contribution in [0, 0.1) is 0 Å². The Morgan fingerprint density at radius 3 is 2.69 bits per heavy atom. The molecule has 2 atom stereocenters. The molecule has 0 spiro atoms. The molecule has 2 unspecified atom stereocenters. The largest absolute Gasteiger partial charge is 0.480 e. The van der Waals surface area contributed by atoms with Gasteiger partial charge in [-0.3, -0.25) is 9.59 Å². The Bertz CT molecular complexity index is 342. The molecule has 6 nitrogen and oxygen atoms in total. The number of nitrogens with zero attached hydrogens (tertiary/aromatic N) is 1. The highest BCUT2D eigenvalue weighted by Crippen LogP contribution is 2.20. The van der Waals surface area contributed by atoms with E-state index < -0.39 is 18.1 Å². The number of amides is 2. The molecule has 6 heteroatoms. The van der Waals surface area contributed by atoms with Crippen LogP contribution in [0.25, 0.3) is 0 Å². The van der Waals surface area contributed by atoms with E-state index in [1.165, 1.54) is 4.90 Å². The summed E-state index contributed by atoms with van der Waals surface area (Å²) < 4.78 is 0. The Morgan fingerprint density at radius 2 is 2.12 bits per heavy atom. The van der Waals surface area contributed by atoms with Gasteiger partial charge in [-0.1, -0.05) is 0 Å². The van der Waals surface area contributed by atoms with Gasteiger partial charge in [0.25, 0.3) is 0 Å². The SMILES string of the molecule is O=C1CCC(C(=O)N2CCCC2C(=O)O)N1. The minimum atomic E-state index is -0.963. The topological polar surface area (TPSA) is 86.7 Å². The molecule has 2 N–H and O–H groups in total. The van der Waals surface area contributed by atoms with Crippen LogP contribution >= 0.6 is 0 Å². The number of hydrogen-bond donors (Lipinski definition) is 2. The van der Waals surface area contributed by atoms with Gasteiger partial charge in [0, 0.05) is 13.0 Å². The van der Waals surface area contributed by atoms with Crippen LogP contribution < -0.4 is 5.32 Å². The first-order chi connectivity index (χ1) is 7.59. The molecule has 0 saturated carbocycles. The van der Waals surface area contributed by atoms with Gasteiger partial charge in [-0.05, 0) is 19.3 Å². The van der Waals surface area contributed by atoms with E-state index in [-0.39, 0.29) is 11.8 Å². The number of carboxylic acid groups (broad SMARTS) is 1. The molecule has 88 valence electrons. The molecule has 2 aliphatic heterocycles. The molecule has 2 saturated heterocycles. The van der Waals surface area contributed by atoms with Crippen molar-refractivity contribution in [2.24, 2.45) is 0 Å². The third-order valence-corrected chi connectivity index (χ3v) is 3.11. The molecule has 0 aliphatic carbocycles. The fraction of sp³-hybridized carbons (Fsp3) is 0.700. The number of carbonyl (C=O) groups excluding carboxylic acids is 2. The highest BCUT2D eigenvalue weighted by molar-refractivity contribution is 5.93. The summed E-state index contributed by atoms with van der Waals surface area (Å²) in [5, 5.41) is 11.5. The predicted molar refractivity (Wildman–Crippen MR) is 53.5 cm³/mol. The van der Waals surface area contributed by atoms with Gasteiger partial charge in [0.05, 0.1) is 0 Å². The standard InChI is InChI=1S/C10H14N2O4/c13-8-4-3-6(11-8)9(14)12-5-1-2-7(12)10(15)16/h6-7H,1-5H2,(H,11,13)(H,15,16). The zero-order chi connectivity index (χ0) is 11.7. The average molecular weight is 226 g/mol. The molecular formula is C10H14N2O4. The van der Waals surface area contributed by atoms with E-state index in [4.69, 9.17) is 5.11 Å². The van der Waals surface area contributed by atoms with Gasteiger partial charge in [0.15, 0.2) is 0 Å². The fourth-order valence-corrected chi connectivity index (χ4v) is 2.29. The molecule has 2 aliphatic rings. The zero-order valence-corrected chi connectivity index (χ0v) is 8.81. The van der Waals surface area contributed by atoms with Crippen molar-refractivity contribution in [3.05, 3.63) is 0 Å². The van der Waals surface area contributed by atoms with E-state index in [0.717, 1.165) is 0 Å². The van der Waals surface area contributed by atoms with Gasteiger partial charge < -0.3 is 15.3 Å². The number of aliphatic carboxylic acids is 1. The quantitative estimate of drug-likeness (QED) is 0.654. The first kappa shape index (κ1) is 10.9. The van der Waals surface area contributed by atoms with Crippen LogP contribution in [0.2, 0.25) is 0 Å². The lowest BCUT2D eigenvalue weighted by Crippen LogP contribution is -2.48. The molecule has 16 heavy (non-hydrogen) atoms. The van der Waals surface area contributed by atoms with Crippen LogP contribution in [0.5, 0.6) is 0 Å². The van der Waals surface area contributed by atoms with Gasteiger partial charge in [0.1, 0.15) is 12.1 Å². The molecule has 0 aromatic rings. The number of carbonyl (C=O) groups is 3. The number of hydrogen-bond acceptors (Lipinski definition) is 3. The van der Waals surface area contributed by atoms with Crippen molar-refractivity contribution >= 4 is 17.8 Å². The molecule has 2 rings (SSSR count). The zero-order valence-electron chi connectivity index (χ0n) is 8.81. The van der Waals surface area contributed by atoms with Crippen molar-refractivity contribution in [2.75, 3.05) is 6.54 Å². The number of rotatable bonds is 2. The summed E-state index contributed by atoms with van der Waals surface area (Å²) in [4.78, 5) is 35.2. The lowest BCUT2D eigenvalue weighted by molar-refractivity contribution is -0.149. The summed E-state index contributed by atoms with van der Waals surface area (Å²) in [5.41, 5.74) is 0. The molecule has 2 amide bonds. The Labute approximate surface area is 92.6 Å². The summed E-state index contributed by atoms with van der Waals surface area (Å²) in [5.74, 6) is -1.35. The number of likely N-dealkylation sites (tertiary alicyclic amines) is 1. The minimum Gasteiger partial charge on any atom is -0.480 e. The van der Waals surface area contributed by atoms with E-state index in [0.29, 0.717) is 32.2 Å². The Hall–Kier alpha value is -1.59. The lowest BCUT2D eigenvalue weighted by atomic mass is 10.1. The highest BCUT2D eigenvalue weighted by atomic mass is 16.4. The van der Waals surface area contributed by atoms with E-state index >= 15 is 0 Å². The van der Waals surface area contributed by atoms with Crippen molar-refractivity contribution in [1.29, 1.82) is 0 Å². The Kier molecular flexibility index (Phi) is 2.80. The smallest absolute Gasteiger partial charge is 0.326 e. The minimum absolute atomic E-state index is 0.135. The van der Waals surface area contributed by atoms with E-state index in [1.54, 1.807) is 0 Å². The maximum absolute atomic E-state index is 12.0. The predicted octanol–water partition coefficient (Wildman–Crippen LogP) is -0.659. The molecule has 2 heterocycles. The molecule has 2 fully saturated rings. The van der Waals surface area contributed by atoms with E-state index in [9.17, 15) is 14.4 Å². The van der Waals surface area contributed by atoms with E-state index in [2.05, 4.69) is 5.32 Å². The monoisotopic (exact) mass is 226 g/mol. The molecule has 0 radical (unpaired) electrons. The van der Waals surface area contributed by atoms with Crippen LogP contribution in [-0.2, 0) is 14.4 Å². The van der Waals surface area contributed by atoms with Crippen LogP contribution in [0.15, 0.2) is 0 Å². The molecular weight excluding hydrogens is 212 g/mol. The van der Waals surface area contributed by atoms with Gasteiger partial charge in [0.2, 0.25) is 11.8 Å². The van der Waals surface area contributed by atoms with Crippen LogP contribution in [-0.4, -0.2) is 46.4 Å². The van der Waals surface area contributed by atoms with Crippen molar-refractivity contribution < 1.29 is 19.5 Å². The summed E-state index contributed by atoms with van der Waals surface area (Å²) in [6, 6.07) is -1.24. The molecule has 0 bridgehead atoms. The van der Waals surface area contributed by atoms with Crippen molar-refractivity contribution in [1.82, 2.24) is 10.2 Å². The van der Waals surface area contributed by atoms with Crippen LogP contribution in [0.1, 0.15) is 25.7 Å². The van der Waals surface area contributed by atoms with Gasteiger partial charge >= 0.3 is 5.97 Å². The van der Waals surface area contributed by atoms with Gasteiger partial charge in [-0.15, -0.1) is 0 Å². The average Bonchev–Trinajstić information content (AvgIpc) is 2.84. The molecule has 0 aromatic carbocycles. The summed E-state index contributed by atoms with van der Waals surface area (Å²) in [7, 11) is 0. The second-order valence-corrected chi connectivity index (χ2v) is 4.19. The van der Waals surface area contributed by atoms with Crippen molar-refractivity contribution in [2.45, 2.75) is 37.8 Å². The van der Waals surface area contributed by atoms with Crippen molar-refractivity contribution in [3.63, 3.8) is 0 Å². The maximum atomic E-state index is 12.0. The van der Waals surface area contributed by atoms with Gasteiger partial charge in [-0.2, -0.15) is 0 Å². The number of carboxylic acids is 1. The second kappa shape index (κ2) is 4.11. The first-order valence-electron chi connectivity index (χ1n) is 5.42. The lowest BCUT2D eigenvalue weighted by Gasteiger charge is -2.24. The molecule has 0 aromatic heterocycles. The summed E-state index contributed by atoms with van der Waals surface area (Å²) in [6.07, 6.45) is 2.04. The third kappa shape index (κ3) is 1.87. The normalized spacial score (nSPS) is 29.2. The van der Waals surface area contributed by atoms with Gasteiger partial charge in [-0.25, -0.2) is 4.79 Å². The van der Waals surface area contributed by atoms with Crippen LogP contribution in [0.3, 0.4) is 0 Å². The van der Waals surface area contributed by atoms with Crippen molar-refractivity contribution in [3.8, 4) is 0 Å². The Morgan fingerprint density at radius 1 is 1.38 bits per heavy atom. The number of nitrogens with one attached hydrogen (secondary N) is 1. The first-order valence-corrected chi connectivity index (χ1v) is 5.42. The van der Waals surface area contributed by atoms with E-state index in [1.807, 2.05) is 0 Å². The highest BCUT2D eigenvalue weighted by Gasteiger charge is 2.39. The summed E-state index contributed by atoms with van der Waals surface area (Å²) >= 11 is 0. The second-order valence-electron chi connectivity index (χ2n) is 4.19. The summed E-state index contributed by atoms with van der Waals surface area (Å²) in [6.45, 7) is 0.474.